The van der Waals surface area contributed by atoms with Crippen molar-refractivity contribution in [2.75, 3.05) is 5.32 Å². The summed E-state index contributed by atoms with van der Waals surface area (Å²) in [6.45, 7) is 5.80. The number of carbonyl (C=O) groups excluding carboxylic acids is 2. The third-order valence-corrected chi connectivity index (χ3v) is 6.97. The number of rotatable bonds is 8. The maximum Gasteiger partial charge on any atom is 0.451 e. The van der Waals surface area contributed by atoms with Gasteiger partial charge in [-0.2, -0.15) is 4.80 Å². The van der Waals surface area contributed by atoms with Crippen LogP contribution in [-0.2, 0) is 17.7 Å². The SMILES string of the molecule is CC(C)(C)OC(=O)c1cccc2cccc(NC(=O)c3ccc(-c4ccc(Cn5nnc(Cc6nnn(C(=O)O)n6)n5)cc4)cc3)c12. The number of nitrogens with zero attached hydrogens (tertiary/aromatic N) is 8. The normalized spacial score (nSPS) is 11.4. The molecule has 6 aromatic rings. The zero-order valence-corrected chi connectivity index (χ0v) is 25.7. The van der Waals surface area contributed by atoms with E-state index in [0.29, 0.717) is 39.4 Å². The van der Waals surface area contributed by atoms with Gasteiger partial charge in [0, 0.05) is 16.6 Å². The van der Waals surface area contributed by atoms with Crippen molar-refractivity contribution in [1.82, 2.24) is 40.4 Å². The van der Waals surface area contributed by atoms with Gasteiger partial charge in [0.25, 0.3) is 5.91 Å². The van der Waals surface area contributed by atoms with Gasteiger partial charge in [0.1, 0.15) is 5.60 Å². The molecule has 0 unspecified atom stereocenters. The number of benzene rings is 4. The number of ether oxygens (including phenoxy) is 1. The molecule has 2 heterocycles. The van der Waals surface area contributed by atoms with Crippen molar-refractivity contribution >= 4 is 34.4 Å². The van der Waals surface area contributed by atoms with Crippen LogP contribution in [0.2, 0.25) is 0 Å². The molecule has 0 aliphatic carbocycles. The lowest BCUT2D eigenvalue weighted by Gasteiger charge is -2.20. The van der Waals surface area contributed by atoms with Crippen LogP contribution in [0.5, 0.6) is 0 Å². The Bertz CT molecular complexity index is 2090. The summed E-state index contributed by atoms with van der Waals surface area (Å²) < 4.78 is 5.61. The quantitative estimate of drug-likeness (QED) is 0.219. The van der Waals surface area contributed by atoms with Crippen molar-refractivity contribution in [3.8, 4) is 11.1 Å². The first kappa shape index (κ1) is 30.7. The molecule has 236 valence electrons. The van der Waals surface area contributed by atoms with Crippen LogP contribution in [0.1, 0.15) is 58.7 Å². The summed E-state index contributed by atoms with van der Waals surface area (Å²) in [6, 6.07) is 25.9. The van der Waals surface area contributed by atoms with E-state index in [1.807, 2.05) is 75.4 Å². The number of nitrogens with one attached hydrogen (secondary N) is 1. The lowest BCUT2D eigenvalue weighted by Crippen LogP contribution is -2.24. The maximum absolute atomic E-state index is 13.3. The van der Waals surface area contributed by atoms with Crippen LogP contribution in [0.25, 0.3) is 21.9 Å². The summed E-state index contributed by atoms with van der Waals surface area (Å²) in [5.74, 6) is -0.262. The van der Waals surface area contributed by atoms with Gasteiger partial charge in [0.15, 0.2) is 11.6 Å². The van der Waals surface area contributed by atoms with Crippen LogP contribution in [0.15, 0.2) is 84.9 Å². The van der Waals surface area contributed by atoms with E-state index in [0.717, 1.165) is 22.1 Å². The van der Waals surface area contributed by atoms with Crippen LogP contribution >= 0.6 is 0 Å². The zero-order valence-electron chi connectivity index (χ0n) is 25.7. The molecule has 0 spiro atoms. The number of hydrogen-bond acceptors (Lipinski definition) is 10. The van der Waals surface area contributed by atoms with Gasteiger partial charge in [-0.1, -0.05) is 65.5 Å². The largest absolute Gasteiger partial charge is 0.462 e. The molecule has 0 radical (unpaired) electrons. The fourth-order valence-corrected chi connectivity index (χ4v) is 4.87. The molecule has 0 aliphatic rings. The van der Waals surface area contributed by atoms with Gasteiger partial charge in [-0.15, -0.1) is 20.4 Å². The van der Waals surface area contributed by atoms with E-state index in [9.17, 15) is 14.4 Å². The summed E-state index contributed by atoms with van der Waals surface area (Å²) in [5.41, 5.74) is 3.52. The topological polar surface area (TPSA) is 180 Å². The minimum Gasteiger partial charge on any atom is -0.462 e. The van der Waals surface area contributed by atoms with E-state index >= 15 is 0 Å². The molecule has 0 saturated carbocycles. The van der Waals surface area contributed by atoms with E-state index < -0.39 is 17.7 Å². The maximum atomic E-state index is 13.3. The minimum atomic E-state index is -1.33. The molecule has 0 atom stereocenters. The molecule has 47 heavy (non-hydrogen) atoms. The lowest BCUT2D eigenvalue weighted by molar-refractivity contribution is 0.00716. The zero-order chi connectivity index (χ0) is 33.1. The van der Waals surface area contributed by atoms with Gasteiger partial charge in [-0.3, -0.25) is 4.79 Å². The van der Waals surface area contributed by atoms with Gasteiger partial charge in [0.05, 0.1) is 18.5 Å². The number of tetrazole rings is 2. The van der Waals surface area contributed by atoms with E-state index in [1.165, 1.54) is 4.80 Å². The molecule has 0 fully saturated rings. The number of amides is 1. The smallest absolute Gasteiger partial charge is 0.451 e. The minimum absolute atomic E-state index is 0.0926. The van der Waals surface area contributed by atoms with Crippen molar-refractivity contribution in [2.24, 2.45) is 0 Å². The lowest BCUT2D eigenvalue weighted by atomic mass is 10.0. The highest BCUT2D eigenvalue weighted by molar-refractivity contribution is 6.14. The number of esters is 1. The third kappa shape index (κ3) is 7.17. The Hall–Kier alpha value is -6.31. The molecule has 4 aromatic carbocycles. The first-order valence-electron chi connectivity index (χ1n) is 14.6. The van der Waals surface area contributed by atoms with Gasteiger partial charge in [-0.25, -0.2) is 9.59 Å². The first-order valence-corrected chi connectivity index (χ1v) is 14.6. The second-order valence-corrected chi connectivity index (χ2v) is 11.6. The predicted molar refractivity (Wildman–Crippen MR) is 170 cm³/mol. The monoisotopic (exact) mass is 631 g/mol. The van der Waals surface area contributed by atoms with Crippen LogP contribution in [0, 0.1) is 0 Å². The molecular weight excluding hydrogens is 602 g/mol. The van der Waals surface area contributed by atoms with Crippen molar-refractivity contribution in [3.05, 3.63) is 113 Å². The molecule has 0 saturated heterocycles. The average molecular weight is 632 g/mol. The Morgan fingerprint density at radius 2 is 1.45 bits per heavy atom. The summed E-state index contributed by atoms with van der Waals surface area (Å²) in [7, 11) is 0. The van der Waals surface area contributed by atoms with Crippen LogP contribution < -0.4 is 5.32 Å². The summed E-state index contributed by atoms with van der Waals surface area (Å²) in [4.78, 5) is 39.1. The number of anilines is 1. The van der Waals surface area contributed by atoms with Gasteiger partial charge in [0.2, 0.25) is 0 Å². The number of carbonyl (C=O) groups is 3. The molecule has 14 heteroatoms. The van der Waals surface area contributed by atoms with E-state index in [1.54, 1.807) is 30.3 Å². The molecule has 14 nitrogen and oxygen atoms in total. The Labute approximate surface area is 268 Å². The standard InChI is InChI=1S/C33H29N9O5/c1-33(2,3)47-31(44)25-8-4-6-23-7-5-9-26(29(23)25)34-30(43)24-16-14-22(15-17-24)21-12-10-20(11-13-21)19-41-37-27(35-39-41)18-28-36-40-42(38-28)32(45)46/h4-17H,18-19H2,1-3H3,(H,34,43)(H,45,46). The van der Waals surface area contributed by atoms with Crippen molar-refractivity contribution < 1.29 is 24.2 Å². The van der Waals surface area contributed by atoms with Crippen molar-refractivity contribution in [1.29, 1.82) is 0 Å². The van der Waals surface area contributed by atoms with Gasteiger partial charge < -0.3 is 15.2 Å². The number of aromatic nitrogens is 8. The molecule has 6 rings (SSSR count). The molecule has 0 aliphatic heterocycles. The van der Waals surface area contributed by atoms with Crippen molar-refractivity contribution in [3.63, 3.8) is 0 Å². The fourth-order valence-electron chi connectivity index (χ4n) is 4.87. The van der Waals surface area contributed by atoms with Crippen LogP contribution in [0.4, 0.5) is 10.5 Å². The highest BCUT2D eigenvalue weighted by atomic mass is 16.6. The Kier molecular flexibility index (Phi) is 8.23. The third-order valence-electron chi connectivity index (χ3n) is 6.97. The van der Waals surface area contributed by atoms with Crippen LogP contribution in [-0.4, -0.2) is 69.1 Å². The predicted octanol–water partition coefficient (Wildman–Crippen LogP) is 4.85. The fraction of sp³-hybridized carbons (Fsp3) is 0.182. The molecule has 2 N–H and O–H groups in total. The molecular formula is C33H29N9O5. The highest BCUT2D eigenvalue weighted by Crippen LogP contribution is 2.29. The molecule has 0 bridgehead atoms. The van der Waals surface area contributed by atoms with Gasteiger partial charge >= 0.3 is 12.1 Å². The highest BCUT2D eigenvalue weighted by Gasteiger charge is 2.21. The van der Waals surface area contributed by atoms with E-state index in [-0.39, 0.29) is 18.2 Å². The van der Waals surface area contributed by atoms with Crippen LogP contribution in [0.3, 0.4) is 0 Å². The Morgan fingerprint density at radius 1 is 0.809 bits per heavy atom. The molecule has 2 aromatic heterocycles. The Morgan fingerprint density at radius 3 is 2.11 bits per heavy atom. The van der Waals surface area contributed by atoms with Gasteiger partial charge in [-0.05, 0) is 77.5 Å². The average Bonchev–Trinajstić information content (AvgIpc) is 3.70. The Balaban J connectivity index is 1.11. The van der Waals surface area contributed by atoms with E-state index in [4.69, 9.17) is 9.84 Å². The number of hydrogen-bond donors (Lipinski definition) is 2. The van der Waals surface area contributed by atoms with E-state index in [2.05, 4.69) is 36.1 Å². The number of carboxylic acid groups (broad SMARTS) is 1. The van der Waals surface area contributed by atoms with Crippen molar-refractivity contribution in [2.45, 2.75) is 39.3 Å². The first-order chi connectivity index (χ1) is 22.5. The summed E-state index contributed by atoms with van der Waals surface area (Å²) >= 11 is 0. The second kappa shape index (κ2) is 12.6. The summed E-state index contributed by atoms with van der Waals surface area (Å²) in [6.07, 6.45) is -1.24. The summed E-state index contributed by atoms with van der Waals surface area (Å²) in [5, 5.41) is 36.5. The molecule has 1 amide bonds. The second-order valence-electron chi connectivity index (χ2n) is 11.6. The number of fused-ring (bicyclic) bond motifs is 1.